The number of Topliss-reactive ketones (excluding diaryl/α,β-unsaturated/α-hetero) is 2. The van der Waals surface area contributed by atoms with Gasteiger partial charge in [0.05, 0.1) is 10.5 Å². The number of hydrogen-bond acceptors (Lipinski definition) is 4. The van der Waals surface area contributed by atoms with Gasteiger partial charge in [-0.1, -0.05) is 30.3 Å². The minimum Gasteiger partial charge on any atom is -0.351 e. The van der Waals surface area contributed by atoms with Crippen LogP contribution in [0.4, 0.5) is 32.0 Å². The third-order valence-electron chi connectivity index (χ3n) is 3.75. The fraction of sp³-hybridized carbons (Fsp3) is 0.111. The lowest BCUT2D eigenvalue weighted by Crippen LogP contribution is -2.26. The zero-order valence-corrected chi connectivity index (χ0v) is 14.4. The monoisotopic (exact) mass is 417 g/mol. The van der Waals surface area contributed by atoms with Crippen molar-refractivity contribution in [2.45, 2.75) is 11.7 Å². The van der Waals surface area contributed by atoms with Crippen LogP contribution in [-0.4, -0.2) is 17.1 Å². The minimum atomic E-state index is -4.88. The molecule has 0 unspecified atom stereocenters. The number of fused-ring (bicyclic) bond motifs is 1. The average Bonchev–Trinajstić information content (AvgIpc) is 2.61. The van der Waals surface area contributed by atoms with Crippen molar-refractivity contribution < 1.29 is 35.9 Å². The Hall–Kier alpha value is -2.75. The predicted octanol–water partition coefficient (Wildman–Crippen LogP) is 5.66. The van der Waals surface area contributed by atoms with E-state index in [1.807, 2.05) is 0 Å². The van der Waals surface area contributed by atoms with Crippen molar-refractivity contribution in [1.82, 2.24) is 0 Å². The minimum absolute atomic E-state index is 0.131. The number of halogens is 6. The molecule has 1 N–H and O–H groups in total. The van der Waals surface area contributed by atoms with Crippen LogP contribution in [-0.2, 0) is 6.18 Å². The second kappa shape index (κ2) is 7.01. The van der Waals surface area contributed by atoms with Gasteiger partial charge in [0.15, 0.2) is 0 Å². The number of allylic oxidation sites excluding steroid dienone is 2. The number of thioether (sulfide) groups is 1. The van der Waals surface area contributed by atoms with Crippen molar-refractivity contribution in [2.75, 3.05) is 5.32 Å². The molecule has 0 spiro atoms. The number of alkyl halides is 6. The van der Waals surface area contributed by atoms with Crippen molar-refractivity contribution in [2.24, 2.45) is 0 Å². The van der Waals surface area contributed by atoms with Gasteiger partial charge in [-0.25, -0.2) is 0 Å². The van der Waals surface area contributed by atoms with Gasteiger partial charge in [-0.05, 0) is 30.0 Å². The first-order valence-electron chi connectivity index (χ1n) is 7.60. The molecule has 0 aliphatic heterocycles. The molecule has 0 atom stereocenters. The molecule has 1 aliphatic rings. The Labute approximate surface area is 158 Å². The Bertz CT molecular complexity index is 994. The quantitative estimate of drug-likeness (QED) is 0.655. The molecule has 3 rings (SSSR count). The van der Waals surface area contributed by atoms with Gasteiger partial charge < -0.3 is 5.32 Å². The number of carbonyl (C=O) groups excluding carboxylic acids is 2. The average molecular weight is 417 g/mol. The summed E-state index contributed by atoms with van der Waals surface area (Å²) in [4.78, 5) is 24.3. The molecule has 0 saturated heterocycles. The van der Waals surface area contributed by atoms with E-state index in [1.54, 1.807) is 0 Å². The van der Waals surface area contributed by atoms with Gasteiger partial charge in [0, 0.05) is 16.8 Å². The third kappa shape index (κ3) is 4.06. The second-order valence-corrected chi connectivity index (χ2v) is 6.73. The first kappa shape index (κ1) is 20.0. The van der Waals surface area contributed by atoms with E-state index >= 15 is 0 Å². The van der Waals surface area contributed by atoms with Crippen LogP contribution < -0.4 is 5.32 Å². The van der Waals surface area contributed by atoms with Gasteiger partial charge in [0.25, 0.3) is 0 Å². The summed E-state index contributed by atoms with van der Waals surface area (Å²) in [5.74, 6) is -1.95. The maximum Gasteiger partial charge on any atom is 0.446 e. The molecule has 2 aromatic rings. The molecular formula is C18H9F6NO2S. The Balaban J connectivity index is 2.10. The van der Waals surface area contributed by atoms with E-state index in [4.69, 9.17) is 0 Å². The Kier molecular flexibility index (Phi) is 5.00. The largest absolute Gasteiger partial charge is 0.446 e. The van der Waals surface area contributed by atoms with E-state index in [0.717, 1.165) is 18.2 Å². The highest BCUT2D eigenvalue weighted by Gasteiger charge is 2.40. The number of hydrogen-bond donors (Lipinski definition) is 1. The molecule has 3 nitrogen and oxygen atoms in total. The Morgan fingerprint density at radius 3 is 1.96 bits per heavy atom. The van der Waals surface area contributed by atoms with Gasteiger partial charge in [0.2, 0.25) is 11.6 Å². The Morgan fingerprint density at radius 2 is 1.39 bits per heavy atom. The maximum atomic E-state index is 12.9. The lowest BCUT2D eigenvalue weighted by Gasteiger charge is -2.22. The SMILES string of the molecule is O=C1C(Nc2cccc(C(F)(F)F)c2)=C(SC(F)(F)F)C(=O)c2ccccc21. The van der Waals surface area contributed by atoms with Crippen LogP contribution in [0.3, 0.4) is 0 Å². The maximum absolute atomic E-state index is 12.9. The lowest BCUT2D eigenvalue weighted by atomic mass is 9.92. The van der Waals surface area contributed by atoms with E-state index in [1.165, 1.54) is 24.3 Å². The summed E-state index contributed by atoms with van der Waals surface area (Å²) >= 11 is -0.785. The number of rotatable bonds is 3. The highest BCUT2D eigenvalue weighted by molar-refractivity contribution is 8.04. The van der Waals surface area contributed by atoms with Gasteiger partial charge >= 0.3 is 11.7 Å². The summed E-state index contributed by atoms with van der Waals surface area (Å²) in [6.45, 7) is 0. The van der Waals surface area contributed by atoms with Crippen LogP contribution in [0.5, 0.6) is 0 Å². The number of carbonyl (C=O) groups is 2. The van der Waals surface area contributed by atoms with E-state index in [9.17, 15) is 35.9 Å². The number of benzene rings is 2. The molecule has 0 amide bonds. The van der Waals surface area contributed by atoms with E-state index in [2.05, 4.69) is 5.32 Å². The standard InChI is InChI=1S/C18H9F6NO2S/c19-17(20,21)9-4-3-5-10(8-9)25-13-14(26)11-6-1-2-7-12(11)15(27)16(13)28-18(22,23)24/h1-8,25H. The van der Waals surface area contributed by atoms with Crippen LogP contribution in [0.15, 0.2) is 59.1 Å². The van der Waals surface area contributed by atoms with E-state index in [-0.39, 0.29) is 16.8 Å². The van der Waals surface area contributed by atoms with E-state index < -0.39 is 51.2 Å². The van der Waals surface area contributed by atoms with Crippen LogP contribution >= 0.6 is 11.8 Å². The van der Waals surface area contributed by atoms with Gasteiger partial charge in [-0.2, -0.15) is 26.3 Å². The van der Waals surface area contributed by atoms with Crippen LogP contribution in [0, 0.1) is 0 Å². The molecule has 2 aromatic carbocycles. The molecule has 0 bridgehead atoms. The van der Waals surface area contributed by atoms with Crippen LogP contribution in [0.2, 0.25) is 0 Å². The van der Waals surface area contributed by atoms with Gasteiger partial charge in [-0.3, -0.25) is 9.59 Å². The predicted molar refractivity (Wildman–Crippen MR) is 90.8 cm³/mol. The molecule has 0 fully saturated rings. The van der Waals surface area contributed by atoms with Crippen molar-refractivity contribution in [1.29, 1.82) is 0 Å². The Morgan fingerprint density at radius 1 is 0.786 bits per heavy atom. The van der Waals surface area contributed by atoms with Crippen LogP contribution in [0.25, 0.3) is 0 Å². The fourth-order valence-electron chi connectivity index (χ4n) is 2.60. The first-order valence-corrected chi connectivity index (χ1v) is 8.42. The highest BCUT2D eigenvalue weighted by Crippen LogP contribution is 2.42. The summed E-state index contributed by atoms with van der Waals surface area (Å²) in [5, 5.41) is 2.28. The summed E-state index contributed by atoms with van der Waals surface area (Å²) < 4.78 is 77.4. The molecule has 0 saturated carbocycles. The number of nitrogens with one attached hydrogen (secondary N) is 1. The summed E-state index contributed by atoms with van der Waals surface area (Å²) in [7, 11) is 0. The molecular weight excluding hydrogens is 408 g/mol. The topological polar surface area (TPSA) is 46.2 Å². The fourth-order valence-corrected chi connectivity index (χ4v) is 3.28. The molecule has 0 aromatic heterocycles. The lowest BCUT2D eigenvalue weighted by molar-refractivity contribution is -0.137. The molecule has 146 valence electrons. The van der Waals surface area contributed by atoms with Gasteiger partial charge in [-0.15, -0.1) is 0 Å². The molecule has 28 heavy (non-hydrogen) atoms. The van der Waals surface area contributed by atoms with E-state index in [0.29, 0.717) is 6.07 Å². The summed E-state index contributed by atoms with van der Waals surface area (Å²) in [5.41, 5.74) is -7.25. The normalized spacial score (nSPS) is 14.9. The third-order valence-corrected chi connectivity index (χ3v) is 4.58. The number of ketones is 2. The summed E-state index contributed by atoms with van der Waals surface area (Å²) in [6.07, 6.45) is -4.69. The molecule has 0 radical (unpaired) electrons. The first-order chi connectivity index (χ1) is 13.0. The highest BCUT2D eigenvalue weighted by atomic mass is 32.2. The van der Waals surface area contributed by atoms with Crippen LogP contribution in [0.1, 0.15) is 26.3 Å². The zero-order valence-electron chi connectivity index (χ0n) is 13.6. The van der Waals surface area contributed by atoms with Crippen molar-refractivity contribution in [3.8, 4) is 0 Å². The number of anilines is 1. The second-order valence-electron chi connectivity index (χ2n) is 5.66. The molecule has 1 aliphatic carbocycles. The molecule has 10 heteroatoms. The molecule has 0 heterocycles. The van der Waals surface area contributed by atoms with Crippen molar-refractivity contribution >= 4 is 29.0 Å². The zero-order chi connectivity index (χ0) is 20.7. The smallest absolute Gasteiger partial charge is 0.351 e. The van der Waals surface area contributed by atoms with Crippen molar-refractivity contribution in [3.05, 3.63) is 75.8 Å². The van der Waals surface area contributed by atoms with Gasteiger partial charge in [0.1, 0.15) is 5.70 Å². The van der Waals surface area contributed by atoms with Crippen molar-refractivity contribution in [3.63, 3.8) is 0 Å². The summed E-state index contributed by atoms with van der Waals surface area (Å²) in [6, 6.07) is 8.89.